The van der Waals surface area contributed by atoms with Gasteiger partial charge in [0.05, 0.1) is 19.6 Å². The van der Waals surface area contributed by atoms with Crippen LogP contribution in [0.1, 0.15) is 97.9 Å². The van der Waals surface area contributed by atoms with Gasteiger partial charge in [0.2, 0.25) is 0 Å². The van der Waals surface area contributed by atoms with Gasteiger partial charge in [-0.15, -0.1) is 0 Å². The van der Waals surface area contributed by atoms with Crippen LogP contribution in [0.3, 0.4) is 0 Å². The van der Waals surface area contributed by atoms with E-state index in [1.54, 1.807) is 0 Å². The normalized spacial score (nSPS) is 14.2. The maximum Gasteiger partial charge on any atom is 0.0649 e. The van der Waals surface area contributed by atoms with Gasteiger partial charge < -0.3 is 0 Å². The van der Waals surface area contributed by atoms with Gasteiger partial charge in [-0.25, -0.2) is 0 Å². The zero-order valence-electron chi connectivity index (χ0n) is 22.6. The highest BCUT2D eigenvalue weighted by Gasteiger charge is 2.16. The molecular weight excluding hydrogens is 438 g/mol. The predicted octanol–water partition coefficient (Wildman–Crippen LogP) is 8.13. The molecule has 0 radical (unpaired) electrons. The molecule has 0 saturated heterocycles. The lowest BCUT2D eigenvalue weighted by Crippen LogP contribution is -2.06. The van der Waals surface area contributed by atoms with Crippen molar-refractivity contribution in [2.24, 2.45) is 20.9 Å². The molecule has 0 unspecified atom stereocenters. The molecule has 186 valence electrons. The number of nitrogens with zero attached hydrogens (tertiary/aromatic N) is 3. The van der Waals surface area contributed by atoms with Crippen LogP contribution in [-0.2, 0) is 19.6 Å². The fourth-order valence-corrected chi connectivity index (χ4v) is 4.63. The summed E-state index contributed by atoms with van der Waals surface area (Å²) in [6.07, 6.45) is 3.93. The zero-order valence-corrected chi connectivity index (χ0v) is 22.6. The second-order valence-corrected chi connectivity index (χ2v) is 10.7. The van der Waals surface area contributed by atoms with E-state index in [9.17, 15) is 0 Å². The average Bonchev–Trinajstić information content (AvgIpc) is 3.62. The van der Waals surface area contributed by atoms with E-state index >= 15 is 0 Å². The van der Waals surface area contributed by atoms with E-state index in [1.807, 2.05) is 12.4 Å². The molecule has 0 N–H and O–H groups in total. The van der Waals surface area contributed by atoms with Crippen molar-refractivity contribution in [3.05, 3.63) is 105 Å². The van der Waals surface area contributed by atoms with Gasteiger partial charge in [0.1, 0.15) is 0 Å². The molecule has 3 heterocycles. The topological polar surface area (TPSA) is 37.1 Å². The quantitative estimate of drug-likeness (QED) is 0.365. The first-order valence-corrected chi connectivity index (χ1v) is 13.2. The SMILES string of the molecule is CC(C)C1=NCc2ccccc21.CC(C)c1ccc2c(c1)C=NC2.CC(C)c1ccc2c(c1)CN=C2. The van der Waals surface area contributed by atoms with Crippen molar-refractivity contribution < 1.29 is 0 Å². The molecular formula is C33H39N3. The minimum Gasteiger partial charge on any atom is -0.288 e. The molecule has 0 spiro atoms. The Kier molecular flexibility index (Phi) is 8.30. The largest absolute Gasteiger partial charge is 0.288 e. The van der Waals surface area contributed by atoms with Crippen LogP contribution in [0, 0.1) is 5.92 Å². The van der Waals surface area contributed by atoms with Crippen LogP contribution in [0.15, 0.2) is 75.6 Å². The highest BCUT2D eigenvalue weighted by molar-refractivity contribution is 6.04. The lowest BCUT2D eigenvalue weighted by atomic mass is 9.98. The van der Waals surface area contributed by atoms with E-state index in [0.717, 1.165) is 19.6 Å². The number of hydrogen-bond acceptors (Lipinski definition) is 3. The second kappa shape index (κ2) is 11.6. The third-order valence-corrected chi connectivity index (χ3v) is 6.91. The van der Waals surface area contributed by atoms with Crippen LogP contribution in [0.25, 0.3) is 0 Å². The molecule has 3 aromatic rings. The molecule has 0 aliphatic carbocycles. The van der Waals surface area contributed by atoms with Crippen LogP contribution in [-0.4, -0.2) is 18.1 Å². The summed E-state index contributed by atoms with van der Waals surface area (Å²) in [5, 5.41) is 0. The monoisotopic (exact) mass is 477 g/mol. The highest BCUT2D eigenvalue weighted by atomic mass is 14.8. The van der Waals surface area contributed by atoms with Gasteiger partial charge in [-0.2, -0.15) is 0 Å². The van der Waals surface area contributed by atoms with E-state index in [4.69, 9.17) is 0 Å². The minimum absolute atomic E-state index is 0.550. The predicted molar refractivity (Wildman–Crippen MR) is 155 cm³/mol. The molecule has 36 heavy (non-hydrogen) atoms. The Bertz CT molecular complexity index is 1290. The smallest absolute Gasteiger partial charge is 0.0649 e. The number of hydrogen-bond donors (Lipinski definition) is 0. The Morgan fingerprint density at radius 1 is 0.556 bits per heavy atom. The average molecular weight is 478 g/mol. The number of rotatable bonds is 3. The summed E-state index contributed by atoms with van der Waals surface area (Å²) in [6, 6.07) is 21.8. The van der Waals surface area contributed by atoms with Crippen LogP contribution in [0.4, 0.5) is 0 Å². The van der Waals surface area contributed by atoms with Gasteiger partial charge in [0.15, 0.2) is 0 Å². The second-order valence-electron chi connectivity index (χ2n) is 10.7. The Morgan fingerprint density at radius 2 is 1.19 bits per heavy atom. The summed E-state index contributed by atoms with van der Waals surface area (Å²) in [4.78, 5) is 13.0. The van der Waals surface area contributed by atoms with Gasteiger partial charge in [0, 0.05) is 23.7 Å². The first-order valence-electron chi connectivity index (χ1n) is 13.2. The van der Waals surface area contributed by atoms with Gasteiger partial charge >= 0.3 is 0 Å². The Hall–Kier alpha value is -3.33. The van der Waals surface area contributed by atoms with Crippen molar-refractivity contribution in [1.82, 2.24) is 0 Å². The minimum atomic E-state index is 0.550. The Morgan fingerprint density at radius 3 is 1.92 bits per heavy atom. The first kappa shape index (κ1) is 25.8. The van der Waals surface area contributed by atoms with Crippen molar-refractivity contribution in [3.63, 3.8) is 0 Å². The van der Waals surface area contributed by atoms with Crippen molar-refractivity contribution in [2.45, 2.75) is 73.0 Å². The van der Waals surface area contributed by atoms with E-state index in [1.165, 1.54) is 50.2 Å². The molecule has 3 aliphatic heterocycles. The van der Waals surface area contributed by atoms with Crippen molar-refractivity contribution in [2.75, 3.05) is 0 Å². The zero-order chi connectivity index (χ0) is 25.7. The molecule has 0 saturated carbocycles. The maximum absolute atomic E-state index is 4.52. The lowest BCUT2D eigenvalue weighted by Gasteiger charge is -2.06. The summed E-state index contributed by atoms with van der Waals surface area (Å²) in [5.74, 6) is 1.79. The van der Waals surface area contributed by atoms with Gasteiger partial charge in [-0.1, -0.05) is 96.1 Å². The molecule has 6 rings (SSSR count). The first-order chi connectivity index (χ1) is 17.3. The summed E-state index contributed by atoms with van der Waals surface area (Å²) in [5.41, 5.74) is 12.2. The van der Waals surface area contributed by atoms with Crippen LogP contribution in [0.2, 0.25) is 0 Å². The van der Waals surface area contributed by atoms with Gasteiger partial charge in [-0.05, 0) is 62.8 Å². The van der Waals surface area contributed by atoms with Gasteiger partial charge in [0.25, 0.3) is 0 Å². The Labute approximate surface area is 217 Å². The molecule has 0 amide bonds. The highest BCUT2D eigenvalue weighted by Crippen LogP contribution is 2.23. The summed E-state index contributed by atoms with van der Waals surface area (Å²) in [6.45, 7) is 15.9. The van der Waals surface area contributed by atoms with Gasteiger partial charge in [-0.3, -0.25) is 15.0 Å². The molecule has 0 aromatic heterocycles. The van der Waals surface area contributed by atoms with E-state index in [-0.39, 0.29) is 0 Å². The molecule has 3 aliphatic rings. The standard InChI is InChI=1S/3C11H13N/c2*1-8(2)9-3-4-10-6-12-7-11(10)5-9;1-8(2)11-10-6-4-3-5-9(10)7-12-11/h3-5,7-8H,6H2,1-2H3;2*3-6,8H,7H2,1-2H3. The summed E-state index contributed by atoms with van der Waals surface area (Å²) in [7, 11) is 0. The molecule has 0 fully saturated rings. The summed E-state index contributed by atoms with van der Waals surface area (Å²) >= 11 is 0. The van der Waals surface area contributed by atoms with E-state index < -0.39 is 0 Å². The number of fused-ring (bicyclic) bond motifs is 3. The molecule has 0 atom stereocenters. The third-order valence-electron chi connectivity index (χ3n) is 6.91. The number of benzene rings is 3. The van der Waals surface area contributed by atoms with Crippen LogP contribution < -0.4 is 0 Å². The summed E-state index contributed by atoms with van der Waals surface area (Å²) < 4.78 is 0. The lowest BCUT2D eigenvalue weighted by molar-refractivity contribution is 0.862. The van der Waals surface area contributed by atoms with Crippen LogP contribution in [0.5, 0.6) is 0 Å². The molecule has 0 bridgehead atoms. The molecule has 3 nitrogen and oxygen atoms in total. The van der Waals surface area contributed by atoms with E-state index in [2.05, 4.69) is 117 Å². The van der Waals surface area contributed by atoms with Crippen LogP contribution >= 0.6 is 0 Å². The van der Waals surface area contributed by atoms with Crippen molar-refractivity contribution in [1.29, 1.82) is 0 Å². The maximum atomic E-state index is 4.52. The fourth-order valence-electron chi connectivity index (χ4n) is 4.63. The molecule has 3 heteroatoms. The number of aliphatic imine (C=N–C) groups is 3. The Balaban J connectivity index is 0.000000127. The fraction of sp³-hybridized carbons (Fsp3) is 0.364. The molecule has 3 aromatic carbocycles. The van der Waals surface area contributed by atoms with E-state index in [0.29, 0.717) is 17.8 Å². The third kappa shape index (κ3) is 6.07. The van der Waals surface area contributed by atoms with Crippen molar-refractivity contribution in [3.8, 4) is 0 Å². The van der Waals surface area contributed by atoms with Crippen molar-refractivity contribution >= 4 is 18.1 Å².